The lowest BCUT2D eigenvalue weighted by Crippen LogP contribution is -2.05. The molecule has 0 aliphatic rings. The summed E-state index contributed by atoms with van der Waals surface area (Å²) in [6.07, 6.45) is 1.91. The number of nitrogen functional groups attached to an aromatic ring is 2. The predicted octanol–water partition coefficient (Wildman–Crippen LogP) is 2.90. The maximum Gasteiger partial charge on any atom is 0.224 e. The molecule has 3 heterocycles. The Morgan fingerprint density at radius 3 is 2.65 bits per heavy atom. The van der Waals surface area contributed by atoms with Gasteiger partial charge in [0.15, 0.2) is 11.4 Å². The summed E-state index contributed by atoms with van der Waals surface area (Å²) in [5.74, 6) is 1.52. The fourth-order valence-electron chi connectivity index (χ4n) is 2.98. The van der Waals surface area contributed by atoms with Gasteiger partial charge in [0.2, 0.25) is 11.8 Å². The summed E-state index contributed by atoms with van der Waals surface area (Å²) in [7, 11) is 0. The lowest BCUT2D eigenvalue weighted by atomic mass is 10.0. The first-order chi connectivity index (χ1) is 12.4. The van der Waals surface area contributed by atoms with Crippen LogP contribution in [0.1, 0.15) is 22.5 Å². The Morgan fingerprint density at radius 1 is 1.12 bits per heavy atom. The minimum absolute atomic E-state index is 0.0903. The number of halogens is 1. The molecule has 4 rings (SSSR count). The van der Waals surface area contributed by atoms with Crippen molar-refractivity contribution in [2.24, 2.45) is 0 Å². The Morgan fingerprint density at radius 2 is 1.92 bits per heavy atom. The van der Waals surface area contributed by atoms with Crippen LogP contribution in [-0.4, -0.2) is 19.6 Å². The third kappa shape index (κ3) is 2.65. The zero-order chi connectivity index (χ0) is 18.4. The second-order valence-electron chi connectivity index (χ2n) is 6.21. The number of hydrogen-bond donors (Lipinski definition) is 2. The zero-order valence-corrected chi connectivity index (χ0v) is 14.3. The quantitative estimate of drug-likeness (QED) is 0.549. The van der Waals surface area contributed by atoms with Gasteiger partial charge >= 0.3 is 0 Å². The molecule has 8 heteroatoms. The van der Waals surface area contributed by atoms with E-state index >= 15 is 0 Å². The molecule has 4 aromatic rings. The van der Waals surface area contributed by atoms with Gasteiger partial charge in [-0.3, -0.25) is 0 Å². The molecule has 0 amide bonds. The molecule has 0 aliphatic heterocycles. The molecule has 0 saturated carbocycles. The Hall–Kier alpha value is -3.42. The number of benzene rings is 1. The number of nitrogens with two attached hydrogens (primary N) is 2. The van der Waals surface area contributed by atoms with Gasteiger partial charge < -0.3 is 15.9 Å². The van der Waals surface area contributed by atoms with Crippen LogP contribution in [0.3, 0.4) is 0 Å². The molecule has 132 valence electrons. The van der Waals surface area contributed by atoms with Crippen molar-refractivity contribution in [2.75, 3.05) is 11.5 Å². The van der Waals surface area contributed by atoms with E-state index < -0.39 is 0 Å². The Balaban J connectivity index is 1.84. The van der Waals surface area contributed by atoms with E-state index in [2.05, 4.69) is 15.1 Å². The van der Waals surface area contributed by atoms with E-state index in [-0.39, 0.29) is 18.2 Å². The molecule has 0 unspecified atom stereocenters. The van der Waals surface area contributed by atoms with Crippen LogP contribution in [0.2, 0.25) is 0 Å². The van der Waals surface area contributed by atoms with Crippen LogP contribution in [0.5, 0.6) is 0 Å². The van der Waals surface area contributed by atoms with Crippen molar-refractivity contribution in [3.8, 4) is 11.6 Å². The molecule has 4 N–H and O–H groups in total. The molecule has 0 aliphatic carbocycles. The Bertz CT molecular complexity index is 1130. The van der Waals surface area contributed by atoms with Crippen LogP contribution in [0, 0.1) is 19.7 Å². The van der Waals surface area contributed by atoms with Crippen molar-refractivity contribution >= 4 is 17.3 Å². The van der Waals surface area contributed by atoms with E-state index in [0.29, 0.717) is 39.6 Å². The van der Waals surface area contributed by atoms with Gasteiger partial charge in [-0.2, -0.15) is 19.6 Å². The van der Waals surface area contributed by atoms with E-state index in [1.54, 1.807) is 35.8 Å². The van der Waals surface area contributed by atoms with Gasteiger partial charge in [-0.15, -0.1) is 0 Å². The van der Waals surface area contributed by atoms with Crippen molar-refractivity contribution in [1.82, 2.24) is 19.6 Å². The minimum Gasteiger partial charge on any atom is -0.458 e. The standard InChI is InChI=1S/C18H17FN6O/c1-9-5-13(20)7-11(15(9)19)6-12-8-22-25-16(12)23-18(21)24-17(25)14-4-3-10(2)26-14/h3-5,7-8H,6,20H2,1-2H3,(H2,21,23). The van der Waals surface area contributed by atoms with Crippen LogP contribution >= 0.6 is 0 Å². The number of nitrogens with zero attached hydrogens (tertiary/aromatic N) is 4. The largest absolute Gasteiger partial charge is 0.458 e. The van der Waals surface area contributed by atoms with Crippen LogP contribution in [0.15, 0.2) is 34.9 Å². The maximum absolute atomic E-state index is 14.4. The van der Waals surface area contributed by atoms with Gasteiger partial charge in [0, 0.05) is 17.7 Å². The van der Waals surface area contributed by atoms with Crippen molar-refractivity contribution < 1.29 is 8.81 Å². The topological polar surface area (TPSA) is 108 Å². The zero-order valence-electron chi connectivity index (χ0n) is 14.3. The SMILES string of the molecule is Cc1ccc(-c2nc(N)nc3c(Cc4cc(N)cc(C)c4F)cnn23)o1. The molecule has 7 nitrogen and oxygen atoms in total. The summed E-state index contributed by atoms with van der Waals surface area (Å²) in [4.78, 5) is 8.50. The van der Waals surface area contributed by atoms with Gasteiger partial charge in [0.05, 0.1) is 6.20 Å². The summed E-state index contributed by atoms with van der Waals surface area (Å²) in [5.41, 5.74) is 14.4. The van der Waals surface area contributed by atoms with E-state index in [0.717, 1.165) is 5.76 Å². The summed E-state index contributed by atoms with van der Waals surface area (Å²) in [6, 6.07) is 6.84. The number of aromatic nitrogens is 4. The molecule has 1 aromatic carbocycles. The van der Waals surface area contributed by atoms with Crippen LogP contribution in [-0.2, 0) is 6.42 Å². The minimum atomic E-state index is -0.289. The van der Waals surface area contributed by atoms with Crippen molar-refractivity contribution in [2.45, 2.75) is 20.3 Å². The lowest BCUT2D eigenvalue weighted by molar-refractivity contribution is 0.541. The lowest BCUT2D eigenvalue weighted by Gasteiger charge is -2.07. The molecular weight excluding hydrogens is 335 g/mol. The van der Waals surface area contributed by atoms with E-state index in [1.807, 2.05) is 13.0 Å². The normalized spacial score (nSPS) is 11.3. The van der Waals surface area contributed by atoms with Crippen molar-refractivity contribution in [3.05, 3.63) is 58.7 Å². The molecule has 0 atom stereocenters. The van der Waals surface area contributed by atoms with Gasteiger partial charge in [-0.25, -0.2) is 4.39 Å². The average Bonchev–Trinajstić information content (AvgIpc) is 3.18. The molecule has 0 fully saturated rings. The maximum atomic E-state index is 14.4. The second-order valence-corrected chi connectivity index (χ2v) is 6.21. The molecule has 3 aromatic heterocycles. The monoisotopic (exact) mass is 352 g/mol. The first-order valence-electron chi connectivity index (χ1n) is 8.04. The van der Waals surface area contributed by atoms with E-state index in [1.165, 1.54) is 0 Å². The summed E-state index contributed by atoms with van der Waals surface area (Å²) in [5, 5.41) is 4.34. The summed E-state index contributed by atoms with van der Waals surface area (Å²) < 4.78 is 21.6. The number of fused-ring (bicyclic) bond motifs is 1. The summed E-state index contributed by atoms with van der Waals surface area (Å²) >= 11 is 0. The molecular formula is C18H17FN6O. The third-order valence-corrected chi connectivity index (χ3v) is 4.15. The fraction of sp³-hybridized carbons (Fsp3) is 0.167. The highest BCUT2D eigenvalue weighted by Crippen LogP contribution is 2.25. The van der Waals surface area contributed by atoms with Crippen LogP contribution in [0.25, 0.3) is 17.2 Å². The van der Waals surface area contributed by atoms with Crippen LogP contribution < -0.4 is 11.5 Å². The number of anilines is 2. The first-order valence-corrected chi connectivity index (χ1v) is 8.04. The average molecular weight is 352 g/mol. The molecule has 0 spiro atoms. The molecule has 0 radical (unpaired) electrons. The fourth-order valence-corrected chi connectivity index (χ4v) is 2.98. The van der Waals surface area contributed by atoms with Crippen molar-refractivity contribution in [3.63, 3.8) is 0 Å². The van der Waals surface area contributed by atoms with Gasteiger partial charge in [0.1, 0.15) is 11.6 Å². The highest BCUT2D eigenvalue weighted by atomic mass is 19.1. The smallest absolute Gasteiger partial charge is 0.224 e. The third-order valence-electron chi connectivity index (χ3n) is 4.15. The van der Waals surface area contributed by atoms with Gasteiger partial charge in [-0.05, 0) is 49.2 Å². The number of hydrogen-bond acceptors (Lipinski definition) is 6. The Labute approximate surface area is 148 Å². The first kappa shape index (κ1) is 16.1. The van der Waals surface area contributed by atoms with Crippen molar-refractivity contribution in [1.29, 1.82) is 0 Å². The summed E-state index contributed by atoms with van der Waals surface area (Å²) in [6.45, 7) is 3.52. The van der Waals surface area contributed by atoms with Gasteiger partial charge in [-0.1, -0.05) is 0 Å². The highest BCUT2D eigenvalue weighted by molar-refractivity contribution is 5.60. The number of aryl methyl sites for hydroxylation is 2. The van der Waals surface area contributed by atoms with Gasteiger partial charge in [0.25, 0.3) is 0 Å². The predicted molar refractivity (Wildman–Crippen MR) is 96.0 cm³/mol. The number of furan rings is 1. The molecule has 0 bridgehead atoms. The molecule has 26 heavy (non-hydrogen) atoms. The molecule has 0 saturated heterocycles. The second kappa shape index (κ2) is 5.83. The van der Waals surface area contributed by atoms with Crippen LogP contribution in [0.4, 0.5) is 16.0 Å². The van der Waals surface area contributed by atoms with E-state index in [4.69, 9.17) is 15.9 Å². The number of rotatable bonds is 3. The highest BCUT2D eigenvalue weighted by Gasteiger charge is 2.17. The van der Waals surface area contributed by atoms with E-state index in [9.17, 15) is 4.39 Å². The Kier molecular flexibility index (Phi) is 3.61.